The third kappa shape index (κ3) is 2.63. The first-order valence-electron chi connectivity index (χ1n) is 5.02. The SMILES string of the molecule is Cc1ocnc1COc1ccc(C(=O)O)cc1. The molecule has 1 N–H and O–H groups in total. The average Bonchev–Trinajstić information content (AvgIpc) is 2.73. The van der Waals surface area contributed by atoms with Crippen molar-refractivity contribution < 1.29 is 19.1 Å². The lowest BCUT2D eigenvalue weighted by atomic mass is 10.2. The van der Waals surface area contributed by atoms with Crippen LogP contribution in [0.1, 0.15) is 21.8 Å². The van der Waals surface area contributed by atoms with Crippen molar-refractivity contribution in [2.45, 2.75) is 13.5 Å². The Balaban J connectivity index is 2.00. The predicted octanol–water partition coefficient (Wildman–Crippen LogP) is 2.26. The van der Waals surface area contributed by atoms with E-state index < -0.39 is 5.97 Å². The maximum Gasteiger partial charge on any atom is 0.335 e. The molecule has 0 aliphatic carbocycles. The molecule has 1 aromatic heterocycles. The van der Waals surface area contributed by atoms with E-state index in [0.29, 0.717) is 18.1 Å². The van der Waals surface area contributed by atoms with E-state index in [4.69, 9.17) is 14.3 Å². The van der Waals surface area contributed by atoms with Crippen molar-refractivity contribution in [3.63, 3.8) is 0 Å². The van der Waals surface area contributed by atoms with Crippen molar-refractivity contribution in [1.82, 2.24) is 4.98 Å². The number of benzene rings is 1. The second-order valence-corrected chi connectivity index (χ2v) is 3.47. The molecule has 0 bridgehead atoms. The maximum absolute atomic E-state index is 10.6. The summed E-state index contributed by atoms with van der Waals surface area (Å²) in [6, 6.07) is 6.21. The van der Waals surface area contributed by atoms with Crippen LogP contribution in [0.15, 0.2) is 35.1 Å². The zero-order valence-corrected chi connectivity index (χ0v) is 9.21. The molecular formula is C12H11NO4. The second kappa shape index (κ2) is 4.69. The molecule has 1 aromatic carbocycles. The summed E-state index contributed by atoms with van der Waals surface area (Å²) in [5.41, 5.74) is 0.960. The third-order valence-corrected chi connectivity index (χ3v) is 2.32. The summed E-state index contributed by atoms with van der Waals surface area (Å²) < 4.78 is 10.5. The number of carboxylic acids is 1. The van der Waals surface area contributed by atoms with Gasteiger partial charge in [0, 0.05) is 0 Å². The zero-order chi connectivity index (χ0) is 12.3. The summed E-state index contributed by atoms with van der Waals surface area (Å²) in [7, 11) is 0. The van der Waals surface area contributed by atoms with E-state index >= 15 is 0 Å². The van der Waals surface area contributed by atoms with Gasteiger partial charge in [0.05, 0.1) is 5.56 Å². The van der Waals surface area contributed by atoms with Crippen LogP contribution in [-0.2, 0) is 6.61 Å². The van der Waals surface area contributed by atoms with E-state index in [0.717, 1.165) is 5.69 Å². The number of hydrogen-bond acceptors (Lipinski definition) is 4. The van der Waals surface area contributed by atoms with E-state index in [2.05, 4.69) is 4.98 Å². The Hall–Kier alpha value is -2.30. The minimum atomic E-state index is -0.955. The second-order valence-electron chi connectivity index (χ2n) is 3.47. The quantitative estimate of drug-likeness (QED) is 0.876. The fourth-order valence-corrected chi connectivity index (χ4v) is 1.31. The summed E-state index contributed by atoms with van der Waals surface area (Å²) in [6.07, 6.45) is 1.36. The van der Waals surface area contributed by atoms with Crippen LogP contribution in [0.5, 0.6) is 5.75 Å². The van der Waals surface area contributed by atoms with Crippen molar-refractivity contribution in [3.8, 4) is 5.75 Å². The molecule has 0 aliphatic heterocycles. The molecule has 0 spiro atoms. The van der Waals surface area contributed by atoms with Crippen LogP contribution in [0.2, 0.25) is 0 Å². The molecule has 0 aliphatic rings. The van der Waals surface area contributed by atoms with E-state index in [9.17, 15) is 4.79 Å². The molecule has 0 fully saturated rings. The van der Waals surface area contributed by atoms with Gasteiger partial charge in [-0.1, -0.05) is 0 Å². The van der Waals surface area contributed by atoms with Gasteiger partial charge in [-0.25, -0.2) is 9.78 Å². The van der Waals surface area contributed by atoms with Crippen LogP contribution in [0.3, 0.4) is 0 Å². The fourth-order valence-electron chi connectivity index (χ4n) is 1.31. The first-order valence-corrected chi connectivity index (χ1v) is 5.02. The molecule has 5 heteroatoms. The Bertz CT molecular complexity index is 516. The molecule has 2 aromatic rings. The van der Waals surface area contributed by atoms with Crippen LogP contribution >= 0.6 is 0 Å². The first kappa shape index (κ1) is 11.2. The largest absolute Gasteiger partial charge is 0.487 e. The molecule has 2 rings (SSSR count). The lowest BCUT2D eigenvalue weighted by molar-refractivity contribution is 0.0697. The molecule has 0 saturated heterocycles. The Kier molecular flexibility index (Phi) is 3.09. The highest BCUT2D eigenvalue weighted by Gasteiger charge is 2.05. The van der Waals surface area contributed by atoms with Crippen molar-refractivity contribution >= 4 is 5.97 Å². The highest BCUT2D eigenvalue weighted by atomic mass is 16.5. The molecule has 5 nitrogen and oxygen atoms in total. The molecule has 0 atom stereocenters. The Morgan fingerprint density at radius 3 is 2.65 bits per heavy atom. The molecule has 0 radical (unpaired) electrons. The number of nitrogens with zero attached hydrogens (tertiary/aromatic N) is 1. The Labute approximate surface area is 97.7 Å². The van der Waals surface area contributed by atoms with Crippen molar-refractivity contribution in [1.29, 1.82) is 0 Å². The van der Waals surface area contributed by atoms with Gasteiger partial charge in [-0.2, -0.15) is 0 Å². The normalized spacial score (nSPS) is 10.2. The van der Waals surface area contributed by atoms with Gasteiger partial charge in [-0.3, -0.25) is 0 Å². The number of rotatable bonds is 4. The minimum Gasteiger partial charge on any atom is -0.487 e. The lowest BCUT2D eigenvalue weighted by Crippen LogP contribution is -1.99. The highest BCUT2D eigenvalue weighted by molar-refractivity contribution is 5.87. The van der Waals surface area contributed by atoms with Gasteiger partial charge < -0.3 is 14.3 Å². The van der Waals surface area contributed by atoms with Gasteiger partial charge in [-0.15, -0.1) is 0 Å². The first-order chi connectivity index (χ1) is 8.16. The number of aromatic carboxylic acids is 1. The van der Waals surface area contributed by atoms with Gasteiger partial charge >= 0.3 is 5.97 Å². The summed E-state index contributed by atoms with van der Waals surface area (Å²) in [4.78, 5) is 14.6. The number of hydrogen-bond donors (Lipinski definition) is 1. The number of carboxylic acid groups (broad SMARTS) is 1. The molecule has 0 saturated carbocycles. The van der Waals surface area contributed by atoms with Crippen molar-refractivity contribution in [2.75, 3.05) is 0 Å². The van der Waals surface area contributed by atoms with Crippen LogP contribution in [-0.4, -0.2) is 16.1 Å². The van der Waals surface area contributed by atoms with Gasteiger partial charge in [0.1, 0.15) is 23.8 Å². The standard InChI is InChI=1S/C12H11NO4/c1-8-11(13-7-17-8)6-16-10-4-2-9(3-5-10)12(14)15/h2-5,7H,6H2,1H3,(H,14,15). The van der Waals surface area contributed by atoms with Gasteiger partial charge in [0.25, 0.3) is 0 Å². The molecular weight excluding hydrogens is 222 g/mol. The zero-order valence-electron chi connectivity index (χ0n) is 9.21. The van der Waals surface area contributed by atoms with Crippen LogP contribution in [0.25, 0.3) is 0 Å². The molecule has 0 unspecified atom stereocenters. The van der Waals surface area contributed by atoms with E-state index in [1.165, 1.54) is 18.5 Å². The number of oxazole rings is 1. The summed E-state index contributed by atoms with van der Waals surface area (Å²) >= 11 is 0. The topological polar surface area (TPSA) is 72.6 Å². The maximum atomic E-state index is 10.6. The highest BCUT2D eigenvalue weighted by Crippen LogP contribution is 2.15. The van der Waals surface area contributed by atoms with E-state index in [1.807, 2.05) is 0 Å². The Morgan fingerprint density at radius 2 is 2.12 bits per heavy atom. The van der Waals surface area contributed by atoms with Gasteiger partial charge in [0.2, 0.25) is 0 Å². The number of carbonyl (C=O) groups is 1. The van der Waals surface area contributed by atoms with E-state index in [-0.39, 0.29) is 5.56 Å². The van der Waals surface area contributed by atoms with Gasteiger partial charge in [0.15, 0.2) is 6.39 Å². The van der Waals surface area contributed by atoms with Crippen molar-refractivity contribution in [3.05, 3.63) is 47.7 Å². The molecule has 17 heavy (non-hydrogen) atoms. The lowest BCUT2D eigenvalue weighted by Gasteiger charge is -2.04. The average molecular weight is 233 g/mol. The molecule has 88 valence electrons. The monoisotopic (exact) mass is 233 g/mol. The third-order valence-electron chi connectivity index (χ3n) is 2.32. The summed E-state index contributed by atoms with van der Waals surface area (Å²) in [6.45, 7) is 2.11. The van der Waals surface area contributed by atoms with Crippen LogP contribution in [0.4, 0.5) is 0 Å². The van der Waals surface area contributed by atoms with Crippen molar-refractivity contribution in [2.24, 2.45) is 0 Å². The van der Waals surface area contributed by atoms with E-state index in [1.54, 1.807) is 19.1 Å². The summed E-state index contributed by atoms with van der Waals surface area (Å²) in [5.74, 6) is 0.355. The number of ether oxygens (including phenoxy) is 1. The van der Waals surface area contributed by atoms with Crippen LogP contribution in [0, 0.1) is 6.92 Å². The van der Waals surface area contributed by atoms with Gasteiger partial charge in [-0.05, 0) is 31.2 Å². The van der Waals surface area contributed by atoms with Crippen LogP contribution < -0.4 is 4.74 Å². The Morgan fingerprint density at radius 1 is 1.41 bits per heavy atom. The minimum absolute atomic E-state index is 0.231. The molecule has 0 amide bonds. The predicted molar refractivity (Wildman–Crippen MR) is 59.0 cm³/mol. The number of aryl methyl sites for hydroxylation is 1. The smallest absolute Gasteiger partial charge is 0.335 e. The number of aromatic nitrogens is 1. The summed E-state index contributed by atoms with van der Waals surface area (Å²) in [5, 5.41) is 8.73. The fraction of sp³-hybridized carbons (Fsp3) is 0.167. The molecule has 1 heterocycles.